The molecule has 0 saturated carbocycles. The van der Waals surface area contributed by atoms with Gasteiger partial charge in [-0.15, -0.1) is 11.3 Å². The minimum atomic E-state index is -0.680. The number of amides is 1. The monoisotopic (exact) mass is 403 g/mol. The summed E-state index contributed by atoms with van der Waals surface area (Å²) < 4.78 is 0. The molecule has 1 amide bonds. The maximum absolute atomic E-state index is 13.2. The largest absolute Gasteiger partial charge is 0.503 e. The molecule has 1 aromatic heterocycles. The lowest BCUT2D eigenvalue weighted by atomic mass is 9.93. The zero-order valence-corrected chi connectivity index (χ0v) is 17.0. The Hall–Kier alpha value is -3.18. The van der Waals surface area contributed by atoms with Crippen LogP contribution in [0.15, 0.2) is 83.4 Å². The minimum Gasteiger partial charge on any atom is -0.503 e. The van der Waals surface area contributed by atoms with Crippen molar-refractivity contribution in [3.63, 3.8) is 0 Å². The maximum atomic E-state index is 13.2. The van der Waals surface area contributed by atoms with Gasteiger partial charge in [-0.05, 0) is 40.6 Å². The van der Waals surface area contributed by atoms with Crippen molar-refractivity contribution >= 4 is 28.7 Å². The van der Waals surface area contributed by atoms with Crippen LogP contribution >= 0.6 is 11.3 Å². The molecule has 2 heterocycles. The van der Waals surface area contributed by atoms with E-state index in [-0.39, 0.29) is 11.4 Å². The molecule has 1 N–H and O–H groups in total. The number of Topliss-reactive ketones (excluding diaryl/α,β-unsaturated/α-hetero) is 1. The van der Waals surface area contributed by atoms with Crippen molar-refractivity contribution < 1.29 is 14.7 Å². The predicted octanol–water partition coefficient (Wildman–Crippen LogP) is 5.65. The summed E-state index contributed by atoms with van der Waals surface area (Å²) in [5, 5.41) is 12.5. The summed E-state index contributed by atoms with van der Waals surface area (Å²) >= 11 is 1.30. The van der Waals surface area contributed by atoms with E-state index >= 15 is 0 Å². The van der Waals surface area contributed by atoms with Crippen LogP contribution in [-0.2, 0) is 4.79 Å². The van der Waals surface area contributed by atoms with Gasteiger partial charge in [0.1, 0.15) is 0 Å². The van der Waals surface area contributed by atoms with Crippen molar-refractivity contribution in [2.24, 2.45) is 0 Å². The fraction of sp³-hybridized carbons (Fsp3) is 0.167. The lowest BCUT2D eigenvalue weighted by Crippen LogP contribution is -2.31. The van der Waals surface area contributed by atoms with Gasteiger partial charge in [-0.2, -0.15) is 0 Å². The van der Waals surface area contributed by atoms with E-state index in [9.17, 15) is 14.7 Å². The summed E-state index contributed by atoms with van der Waals surface area (Å²) in [7, 11) is 0. The van der Waals surface area contributed by atoms with Crippen molar-refractivity contribution in [2.45, 2.75) is 25.8 Å². The van der Waals surface area contributed by atoms with Crippen LogP contribution in [0.3, 0.4) is 0 Å². The van der Waals surface area contributed by atoms with Crippen LogP contribution < -0.4 is 4.90 Å². The molecule has 4 rings (SSSR count). The number of para-hydroxylation sites is 1. The van der Waals surface area contributed by atoms with E-state index in [2.05, 4.69) is 13.8 Å². The van der Waals surface area contributed by atoms with E-state index in [1.807, 2.05) is 47.8 Å². The number of rotatable bonds is 5. The third-order valence-electron chi connectivity index (χ3n) is 5.15. The summed E-state index contributed by atoms with van der Waals surface area (Å²) in [6, 6.07) is 19.8. The van der Waals surface area contributed by atoms with Crippen molar-refractivity contribution in [3.8, 4) is 0 Å². The van der Waals surface area contributed by atoms with Gasteiger partial charge in [-0.1, -0.05) is 62.4 Å². The minimum absolute atomic E-state index is 0.124. The fourth-order valence-electron chi connectivity index (χ4n) is 3.61. The van der Waals surface area contributed by atoms with Gasteiger partial charge >= 0.3 is 0 Å². The molecule has 0 unspecified atom stereocenters. The fourth-order valence-corrected chi connectivity index (χ4v) is 4.29. The lowest BCUT2D eigenvalue weighted by Gasteiger charge is -2.27. The van der Waals surface area contributed by atoms with Crippen molar-refractivity contribution in [2.75, 3.05) is 4.90 Å². The Morgan fingerprint density at radius 2 is 1.69 bits per heavy atom. The average molecular weight is 404 g/mol. The van der Waals surface area contributed by atoms with Crippen LogP contribution in [0.25, 0.3) is 0 Å². The molecule has 29 heavy (non-hydrogen) atoms. The zero-order chi connectivity index (χ0) is 20.5. The Morgan fingerprint density at radius 1 is 1.00 bits per heavy atom. The van der Waals surface area contributed by atoms with Gasteiger partial charge in [-0.25, -0.2) is 0 Å². The highest BCUT2D eigenvalue weighted by molar-refractivity contribution is 7.12. The second-order valence-electron chi connectivity index (χ2n) is 7.30. The van der Waals surface area contributed by atoms with Crippen molar-refractivity contribution in [3.05, 3.63) is 99.4 Å². The van der Waals surface area contributed by atoms with E-state index in [4.69, 9.17) is 0 Å². The number of nitrogens with zero attached hydrogens (tertiary/aromatic N) is 1. The molecule has 146 valence electrons. The molecule has 1 aliphatic heterocycles. The molecule has 2 aromatic carbocycles. The van der Waals surface area contributed by atoms with E-state index in [0.717, 1.165) is 5.56 Å². The number of hydrogen-bond donors (Lipinski definition) is 1. The number of carbonyl (C=O) groups is 2. The first-order valence-corrected chi connectivity index (χ1v) is 10.4. The van der Waals surface area contributed by atoms with E-state index < -0.39 is 17.7 Å². The molecule has 0 bridgehead atoms. The first kappa shape index (κ1) is 19.2. The van der Waals surface area contributed by atoms with E-state index in [1.165, 1.54) is 21.8 Å². The predicted molar refractivity (Wildman–Crippen MR) is 116 cm³/mol. The molecule has 4 nitrogen and oxygen atoms in total. The smallest absolute Gasteiger partial charge is 0.294 e. The van der Waals surface area contributed by atoms with Crippen LogP contribution in [0.1, 0.15) is 46.6 Å². The highest BCUT2D eigenvalue weighted by atomic mass is 32.1. The number of carbonyl (C=O) groups excluding carboxylic acids is 2. The number of hydrogen-bond acceptors (Lipinski definition) is 4. The maximum Gasteiger partial charge on any atom is 0.294 e. The Labute approximate surface area is 173 Å². The summed E-state index contributed by atoms with van der Waals surface area (Å²) in [6.45, 7) is 4.23. The second kappa shape index (κ2) is 7.68. The molecule has 0 saturated heterocycles. The Morgan fingerprint density at radius 3 is 2.28 bits per heavy atom. The quantitative estimate of drug-likeness (QED) is 0.560. The molecule has 3 aromatic rings. The Balaban J connectivity index is 1.86. The molecule has 1 atom stereocenters. The number of thiophene rings is 1. The summed E-state index contributed by atoms with van der Waals surface area (Å²) in [6.07, 6.45) is 0. The molecule has 0 radical (unpaired) electrons. The first-order chi connectivity index (χ1) is 14.0. The normalized spacial score (nSPS) is 16.7. The van der Waals surface area contributed by atoms with Crippen molar-refractivity contribution in [1.82, 2.24) is 0 Å². The van der Waals surface area contributed by atoms with Crippen LogP contribution in [-0.4, -0.2) is 16.8 Å². The van der Waals surface area contributed by atoms with Gasteiger partial charge in [0, 0.05) is 5.69 Å². The zero-order valence-electron chi connectivity index (χ0n) is 16.2. The van der Waals surface area contributed by atoms with Gasteiger partial charge in [0.05, 0.1) is 16.5 Å². The molecule has 0 fully saturated rings. The molecular formula is C24H21NO3S. The molecule has 0 spiro atoms. The standard InChI is InChI=1S/C24H21NO3S/c1-15(2)16-10-12-17(13-11-16)21-20(22(26)19-9-6-14-29-19)23(27)24(28)25(21)18-7-4-3-5-8-18/h3-15,21,27H,1-2H3/t21-/m0/s1. The van der Waals surface area contributed by atoms with Crippen LogP contribution in [0.5, 0.6) is 0 Å². The molecule has 1 aliphatic rings. The van der Waals surface area contributed by atoms with E-state index in [1.54, 1.807) is 24.3 Å². The van der Waals surface area contributed by atoms with Crippen LogP contribution in [0, 0.1) is 0 Å². The Bertz CT molecular complexity index is 1070. The second-order valence-corrected chi connectivity index (χ2v) is 8.25. The van der Waals surface area contributed by atoms with Gasteiger partial charge in [0.25, 0.3) is 5.91 Å². The highest BCUT2D eigenvalue weighted by Gasteiger charge is 2.44. The average Bonchev–Trinajstić information content (AvgIpc) is 3.36. The van der Waals surface area contributed by atoms with Gasteiger partial charge in [0.15, 0.2) is 5.76 Å². The summed E-state index contributed by atoms with van der Waals surface area (Å²) in [5.41, 5.74) is 2.72. The Kier molecular flexibility index (Phi) is 5.07. The lowest BCUT2D eigenvalue weighted by molar-refractivity contribution is -0.117. The van der Waals surface area contributed by atoms with Crippen LogP contribution in [0.4, 0.5) is 5.69 Å². The van der Waals surface area contributed by atoms with Crippen molar-refractivity contribution in [1.29, 1.82) is 0 Å². The SMILES string of the molecule is CC(C)c1ccc([C@H]2C(C(=O)c3cccs3)=C(O)C(=O)N2c2ccccc2)cc1. The molecular weight excluding hydrogens is 382 g/mol. The summed E-state index contributed by atoms with van der Waals surface area (Å²) in [5.74, 6) is -0.989. The number of aliphatic hydroxyl groups is 1. The topological polar surface area (TPSA) is 57.6 Å². The molecule has 0 aliphatic carbocycles. The highest BCUT2D eigenvalue weighted by Crippen LogP contribution is 2.42. The van der Waals surface area contributed by atoms with Gasteiger partial charge in [-0.3, -0.25) is 14.5 Å². The number of ketones is 1. The van der Waals surface area contributed by atoms with Crippen LogP contribution in [0.2, 0.25) is 0 Å². The number of aliphatic hydroxyl groups excluding tert-OH is 1. The number of anilines is 1. The molecule has 5 heteroatoms. The van der Waals surface area contributed by atoms with Gasteiger partial charge in [0.2, 0.25) is 5.78 Å². The third kappa shape index (κ3) is 3.38. The third-order valence-corrected chi connectivity index (χ3v) is 6.02. The van der Waals surface area contributed by atoms with Gasteiger partial charge < -0.3 is 5.11 Å². The summed E-state index contributed by atoms with van der Waals surface area (Å²) in [4.78, 5) is 28.2. The van der Waals surface area contributed by atoms with E-state index in [0.29, 0.717) is 16.5 Å². The first-order valence-electron chi connectivity index (χ1n) is 9.49. The number of benzene rings is 2.